The standard InChI is InChI=1S/C11H16N4O2/c16-11(8-2-5-17-7-8)14-9-6-13-15-4-1-3-12-10(9)15/h6,8,12H,1-5,7H2,(H,14,16). The number of fused-ring (bicyclic) bond motifs is 1. The molecule has 3 heterocycles. The third-order valence-corrected chi connectivity index (χ3v) is 3.24. The molecule has 2 aliphatic rings. The monoisotopic (exact) mass is 236 g/mol. The van der Waals surface area contributed by atoms with E-state index in [9.17, 15) is 4.79 Å². The van der Waals surface area contributed by atoms with E-state index in [2.05, 4.69) is 15.7 Å². The van der Waals surface area contributed by atoms with Crippen LogP contribution in [0.5, 0.6) is 0 Å². The smallest absolute Gasteiger partial charge is 0.230 e. The summed E-state index contributed by atoms with van der Waals surface area (Å²) < 4.78 is 7.11. The predicted octanol–water partition coefficient (Wildman–Crippen LogP) is 0.674. The van der Waals surface area contributed by atoms with Gasteiger partial charge in [-0.25, -0.2) is 4.68 Å². The van der Waals surface area contributed by atoms with Gasteiger partial charge in [0.1, 0.15) is 11.5 Å². The van der Waals surface area contributed by atoms with Crippen molar-refractivity contribution in [3.8, 4) is 0 Å². The van der Waals surface area contributed by atoms with Gasteiger partial charge >= 0.3 is 0 Å². The molecule has 0 bridgehead atoms. The first-order valence-corrected chi connectivity index (χ1v) is 6.03. The molecule has 1 fully saturated rings. The molecule has 1 aromatic heterocycles. The number of nitrogens with zero attached hydrogens (tertiary/aromatic N) is 2. The lowest BCUT2D eigenvalue weighted by atomic mass is 10.1. The van der Waals surface area contributed by atoms with Gasteiger partial charge < -0.3 is 15.4 Å². The van der Waals surface area contributed by atoms with E-state index in [-0.39, 0.29) is 11.8 Å². The molecule has 2 aliphatic heterocycles. The summed E-state index contributed by atoms with van der Waals surface area (Å²) >= 11 is 0. The lowest BCUT2D eigenvalue weighted by Crippen LogP contribution is -2.24. The summed E-state index contributed by atoms with van der Waals surface area (Å²) in [5.41, 5.74) is 0.779. The fourth-order valence-electron chi connectivity index (χ4n) is 2.24. The molecule has 0 spiro atoms. The zero-order chi connectivity index (χ0) is 11.7. The maximum absolute atomic E-state index is 11.9. The number of hydrogen-bond acceptors (Lipinski definition) is 4. The molecule has 3 rings (SSSR count). The Morgan fingerprint density at radius 1 is 1.65 bits per heavy atom. The van der Waals surface area contributed by atoms with Crippen molar-refractivity contribution in [2.24, 2.45) is 5.92 Å². The van der Waals surface area contributed by atoms with E-state index in [1.165, 1.54) is 0 Å². The van der Waals surface area contributed by atoms with Crippen LogP contribution in [0.1, 0.15) is 12.8 Å². The normalized spacial score (nSPS) is 22.9. The highest BCUT2D eigenvalue weighted by Gasteiger charge is 2.25. The highest BCUT2D eigenvalue weighted by Crippen LogP contribution is 2.25. The summed E-state index contributed by atoms with van der Waals surface area (Å²) in [5.74, 6) is 0.934. The average molecular weight is 236 g/mol. The summed E-state index contributed by atoms with van der Waals surface area (Å²) in [6.45, 7) is 3.05. The minimum atomic E-state index is -0.0193. The molecule has 92 valence electrons. The molecular weight excluding hydrogens is 220 g/mol. The van der Waals surface area contributed by atoms with Gasteiger partial charge in [-0.15, -0.1) is 0 Å². The van der Waals surface area contributed by atoms with E-state index in [1.54, 1.807) is 6.20 Å². The zero-order valence-corrected chi connectivity index (χ0v) is 9.61. The Balaban J connectivity index is 1.72. The van der Waals surface area contributed by atoms with E-state index in [0.29, 0.717) is 13.2 Å². The van der Waals surface area contributed by atoms with Gasteiger partial charge in [0.05, 0.1) is 18.7 Å². The van der Waals surface area contributed by atoms with Gasteiger partial charge in [-0.1, -0.05) is 0 Å². The number of anilines is 2. The number of carbonyl (C=O) groups is 1. The van der Waals surface area contributed by atoms with Crippen molar-refractivity contribution in [2.75, 3.05) is 30.4 Å². The molecule has 0 aliphatic carbocycles. The number of aromatic nitrogens is 2. The van der Waals surface area contributed by atoms with Crippen LogP contribution in [0.3, 0.4) is 0 Å². The van der Waals surface area contributed by atoms with Crippen LogP contribution in [0, 0.1) is 5.92 Å². The molecule has 0 saturated carbocycles. The van der Waals surface area contributed by atoms with Crippen molar-refractivity contribution in [3.05, 3.63) is 6.20 Å². The predicted molar refractivity (Wildman–Crippen MR) is 62.9 cm³/mol. The number of amides is 1. The SMILES string of the molecule is O=C(Nc1cnn2c1NCCC2)C1CCOC1. The Morgan fingerprint density at radius 2 is 2.59 bits per heavy atom. The van der Waals surface area contributed by atoms with Gasteiger partial charge in [-0.2, -0.15) is 5.10 Å². The summed E-state index contributed by atoms with van der Waals surface area (Å²) in [7, 11) is 0. The maximum atomic E-state index is 11.9. The van der Waals surface area contributed by atoms with Crippen LogP contribution in [0.15, 0.2) is 6.20 Å². The molecule has 1 aromatic rings. The number of carbonyl (C=O) groups excluding carboxylic acids is 1. The molecule has 1 amide bonds. The Hall–Kier alpha value is -1.56. The van der Waals surface area contributed by atoms with Crippen LogP contribution in [-0.2, 0) is 16.1 Å². The highest BCUT2D eigenvalue weighted by molar-refractivity contribution is 5.95. The Labute approximate surface area is 99.3 Å². The first kappa shape index (κ1) is 10.6. The first-order valence-electron chi connectivity index (χ1n) is 6.03. The minimum Gasteiger partial charge on any atom is -0.381 e. The molecule has 0 aromatic carbocycles. The second-order valence-corrected chi connectivity index (χ2v) is 4.46. The highest BCUT2D eigenvalue weighted by atomic mass is 16.5. The second kappa shape index (κ2) is 4.37. The molecule has 17 heavy (non-hydrogen) atoms. The van der Waals surface area contributed by atoms with E-state index in [4.69, 9.17) is 4.74 Å². The van der Waals surface area contributed by atoms with Crippen LogP contribution in [0.4, 0.5) is 11.5 Å². The van der Waals surface area contributed by atoms with E-state index in [1.807, 2.05) is 4.68 Å². The lowest BCUT2D eigenvalue weighted by molar-refractivity contribution is -0.119. The third kappa shape index (κ3) is 2.00. The summed E-state index contributed by atoms with van der Waals surface area (Å²) in [6.07, 6.45) is 3.59. The zero-order valence-electron chi connectivity index (χ0n) is 9.61. The average Bonchev–Trinajstić information content (AvgIpc) is 2.98. The van der Waals surface area contributed by atoms with Gasteiger partial charge in [-0.05, 0) is 12.8 Å². The van der Waals surface area contributed by atoms with Crippen molar-refractivity contribution in [3.63, 3.8) is 0 Å². The van der Waals surface area contributed by atoms with Crippen LogP contribution in [0.25, 0.3) is 0 Å². The Bertz CT molecular complexity index is 423. The molecule has 1 atom stereocenters. The minimum absolute atomic E-state index is 0.0193. The van der Waals surface area contributed by atoms with Crippen LogP contribution >= 0.6 is 0 Å². The van der Waals surface area contributed by atoms with Crippen molar-refractivity contribution in [2.45, 2.75) is 19.4 Å². The van der Waals surface area contributed by atoms with Crippen LogP contribution in [0.2, 0.25) is 0 Å². The van der Waals surface area contributed by atoms with Crippen molar-refractivity contribution < 1.29 is 9.53 Å². The lowest BCUT2D eigenvalue weighted by Gasteiger charge is -2.17. The fraction of sp³-hybridized carbons (Fsp3) is 0.636. The fourth-order valence-corrected chi connectivity index (χ4v) is 2.24. The molecular formula is C11H16N4O2. The number of rotatable bonds is 2. The maximum Gasteiger partial charge on any atom is 0.230 e. The van der Waals surface area contributed by atoms with Crippen molar-refractivity contribution in [1.29, 1.82) is 0 Å². The van der Waals surface area contributed by atoms with Gasteiger partial charge in [0, 0.05) is 19.7 Å². The second-order valence-electron chi connectivity index (χ2n) is 4.46. The summed E-state index contributed by atoms with van der Waals surface area (Å²) in [6, 6.07) is 0. The van der Waals surface area contributed by atoms with Crippen LogP contribution < -0.4 is 10.6 Å². The molecule has 6 heteroatoms. The van der Waals surface area contributed by atoms with Crippen molar-refractivity contribution in [1.82, 2.24) is 9.78 Å². The van der Waals surface area contributed by atoms with E-state index in [0.717, 1.165) is 37.4 Å². The number of hydrogen-bond donors (Lipinski definition) is 2. The Kier molecular flexibility index (Phi) is 2.72. The van der Waals surface area contributed by atoms with Gasteiger partial charge in [-0.3, -0.25) is 4.79 Å². The quantitative estimate of drug-likeness (QED) is 0.792. The number of ether oxygens (including phenoxy) is 1. The number of nitrogens with one attached hydrogen (secondary N) is 2. The van der Waals surface area contributed by atoms with Crippen molar-refractivity contribution >= 4 is 17.4 Å². The topological polar surface area (TPSA) is 68.2 Å². The number of aryl methyl sites for hydroxylation is 1. The summed E-state index contributed by atoms with van der Waals surface area (Å²) in [4.78, 5) is 11.9. The first-order chi connectivity index (χ1) is 8.34. The van der Waals surface area contributed by atoms with E-state index < -0.39 is 0 Å². The molecule has 1 unspecified atom stereocenters. The molecule has 2 N–H and O–H groups in total. The van der Waals surface area contributed by atoms with Crippen LogP contribution in [-0.4, -0.2) is 35.4 Å². The van der Waals surface area contributed by atoms with Gasteiger partial charge in [0.25, 0.3) is 0 Å². The molecule has 0 radical (unpaired) electrons. The molecule has 1 saturated heterocycles. The van der Waals surface area contributed by atoms with Gasteiger partial charge in [0.2, 0.25) is 5.91 Å². The molecule has 6 nitrogen and oxygen atoms in total. The summed E-state index contributed by atoms with van der Waals surface area (Å²) in [5, 5.41) is 10.4. The Morgan fingerprint density at radius 3 is 3.41 bits per heavy atom. The van der Waals surface area contributed by atoms with E-state index >= 15 is 0 Å². The largest absolute Gasteiger partial charge is 0.381 e. The van der Waals surface area contributed by atoms with Gasteiger partial charge in [0.15, 0.2) is 0 Å². The third-order valence-electron chi connectivity index (χ3n) is 3.24.